The molecule has 0 radical (unpaired) electrons. The van der Waals surface area contributed by atoms with Crippen molar-refractivity contribution in [3.8, 4) is 5.75 Å². The molecule has 2 aromatic rings. The van der Waals surface area contributed by atoms with Crippen LogP contribution in [0.1, 0.15) is 81.1 Å². The highest BCUT2D eigenvalue weighted by Crippen LogP contribution is 2.42. The molecule has 34 heavy (non-hydrogen) atoms. The molecule has 0 bridgehead atoms. The second kappa shape index (κ2) is 10.5. The molecule has 0 saturated heterocycles. The predicted octanol–water partition coefficient (Wildman–Crippen LogP) is 8.76. The maximum Gasteiger partial charge on any atom is 0.573 e. The lowest BCUT2D eigenvalue weighted by Crippen LogP contribution is -2.24. The fraction of sp³-hybridized carbons (Fsp3) is 0.520. The summed E-state index contributed by atoms with van der Waals surface area (Å²) in [4.78, 5) is 0. The summed E-state index contributed by atoms with van der Waals surface area (Å²) >= 11 is 0. The van der Waals surface area contributed by atoms with E-state index < -0.39 is 41.5 Å². The SMILES string of the molecule is CCCC1CCC(c2cc(F)c(C(F)(F)OC(C)c3ccc(OC(F)(F)F)cc3)c(F)c2)CC1. The van der Waals surface area contributed by atoms with Crippen molar-refractivity contribution in [2.45, 2.75) is 76.9 Å². The van der Waals surface area contributed by atoms with E-state index in [4.69, 9.17) is 0 Å². The summed E-state index contributed by atoms with van der Waals surface area (Å²) in [5.74, 6) is -2.82. The number of ether oxygens (including phenoxy) is 2. The minimum atomic E-state index is -4.90. The van der Waals surface area contributed by atoms with Gasteiger partial charge >= 0.3 is 12.5 Å². The molecule has 0 aliphatic heterocycles. The summed E-state index contributed by atoms with van der Waals surface area (Å²) in [6.07, 6.45) is -5.01. The third-order valence-corrected chi connectivity index (χ3v) is 6.28. The van der Waals surface area contributed by atoms with Crippen LogP contribution in [0.4, 0.5) is 30.7 Å². The molecule has 1 aliphatic rings. The first-order valence-electron chi connectivity index (χ1n) is 11.3. The number of alkyl halides is 5. The van der Waals surface area contributed by atoms with Crippen molar-refractivity contribution >= 4 is 0 Å². The molecule has 2 nitrogen and oxygen atoms in total. The summed E-state index contributed by atoms with van der Waals surface area (Å²) in [5.41, 5.74) is -1.05. The van der Waals surface area contributed by atoms with Gasteiger partial charge in [-0.2, -0.15) is 8.78 Å². The molecule has 188 valence electrons. The molecular weight excluding hydrogens is 465 g/mol. The molecule has 1 unspecified atom stereocenters. The molecule has 1 fully saturated rings. The van der Waals surface area contributed by atoms with Gasteiger partial charge in [-0.3, -0.25) is 0 Å². The maximum atomic E-state index is 14.7. The maximum absolute atomic E-state index is 14.7. The zero-order valence-electron chi connectivity index (χ0n) is 18.9. The molecule has 0 amide bonds. The Balaban J connectivity index is 1.72. The number of rotatable bonds is 8. The average molecular weight is 492 g/mol. The van der Waals surface area contributed by atoms with Gasteiger partial charge in [-0.05, 0) is 79.8 Å². The van der Waals surface area contributed by atoms with Crippen LogP contribution in [0.3, 0.4) is 0 Å². The molecular formula is C25H27F7O2. The topological polar surface area (TPSA) is 18.5 Å². The Kier molecular flexibility index (Phi) is 8.16. The van der Waals surface area contributed by atoms with Crippen LogP contribution >= 0.6 is 0 Å². The van der Waals surface area contributed by atoms with Gasteiger partial charge in [-0.1, -0.05) is 31.9 Å². The Morgan fingerprint density at radius 2 is 1.47 bits per heavy atom. The van der Waals surface area contributed by atoms with Crippen molar-refractivity contribution in [1.29, 1.82) is 0 Å². The zero-order chi connectivity index (χ0) is 25.1. The minimum Gasteiger partial charge on any atom is -0.406 e. The molecule has 1 atom stereocenters. The van der Waals surface area contributed by atoms with Crippen LogP contribution in [0.2, 0.25) is 0 Å². The molecule has 2 aromatic carbocycles. The summed E-state index contributed by atoms with van der Waals surface area (Å²) in [6.45, 7) is 3.31. The van der Waals surface area contributed by atoms with Crippen molar-refractivity contribution < 1.29 is 40.2 Å². The van der Waals surface area contributed by atoms with E-state index in [9.17, 15) is 30.7 Å². The first kappa shape index (κ1) is 26.3. The predicted molar refractivity (Wildman–Crippen MR) is 112 cm³/mol. The van der Waals surface area contributed by atoms with Crippen LogP contribution in [0, 0.1) is 17.6 Å². The number of halogens is 7. The Labute approximate surface area is 194 Å². The van der Waals surface area contributed by atoms with Gasteiger partial charge in [0.1, 0.15) is 22.9 Å². The fourth-order valence-corrected chi connectivity index (χ4v) is 4.59. The zero-order valence-corrected chi connectivity index (χ0v) is 18.9. The lowest BCUT2D eigenvalue weighted by molar-refractivity contribution is -0.275. The quantitative estimate of drug-likeness (QED) is 0.343. The summed E-state index contributed by atoms with van der Waals surface area (Å²) < 4.78 is 104. The van der Waals surface area contributed by atoms with E-state index in [0.717, 1.165) is 74.9 Å². The van der Waals surface area contributed by atoms with Crippen LogP contribution in [-0.4, -0.2) is 6.36 Å². The highest BCUT2D eigenvalue weighted by Gasteiger charge is 2.42. The average Bonchev–Trinajstić information content (AvgIpc) is 2.72. The molecule has 0 heterocycles. The molecule has 9 heteroatoms. The Bertz CT molecular complexity index is 926. The van der Waals surface area contributed by atoms with E-state index in [0.29, 0.717) is 11.5 Å². The van der Waals surface area contributed by atoms with Gasteiger partial charge in [-0.25, -0.2) is 8.78 Å². The largest absolute Gasteiger partial charge is 0.573 e. The van der Waals surface area contributed by atoms with Gasteiger partial charge < -0.3 is 9.47 Å². The van der Waals surface area contributed by atoms with E-state index >= 15 is 0 Å². The monoisotopic (exact) mass is 492 g/mol. The number of benzene rings is 2. The summed E-state index contributed by atoms with van der Waals surface area (Å²) in [7, 11) is 0. The number of hydrogen-bond donors (Lipinski definition) is 0. The first-order valence-corrected chi connectivity index (χ1v) is 11.3. The first-order chi connectivity index (χ1) is 15.9. The lowest BCUT2D eigenvalue weighted by Gasteiger charge is -2.29. The van der Waals surface area contributed by atoms with Gasteiger partial charge in [-0.15, -0.1) is 13.2 Å². The third-order valence-electron chi connectivity index (χ3n) is 6.28. The number of hydrogen-bond acceptors (Lipinski definition) is 2. The van der Waals surface area contributed by atoms with Crippen molar-refractivity contribution in [3.05, 3.63) is 64.7 Å². The van der Waals surface area contributed by atoms with Crippen molar-refractivity contribution in [2.75, 3.05) is 0 Å². The highest BCUT2D eigenvalue weighted by molar-refractivity contribution is 5.32. The molecule has 0 spiro atoms. The fourth-order valence-electron chi connectivity index (χ4n) is 4.59. The molecule has 1 aliphatic carbocycles. The summed E-state index contributed by atoms with van der Waals surface area (Å²) in [5, 5.41) is 0. The molecule has 1 saturated carbocycles. The molecule has 0 N–H and O–H groups in total. The van der Waals surface area contributed by atoms with Crippen LogP contribution in [0.5, 0.6) is 5.75 Å². The third kappa shape index (κ3) is 6.64. The smallest absolute Gasteiger partial charge is 0.406 e. The van der Waals surface area contributed by atoms with E-state index in [1.165, 1.54) is 6.92 Å². The Morgan fingerprint density at radius 3 is 1.97 bits per heavy atom. The second-order valence-corrected chi connectivity index (χ2v) is 8.76. The minimum absolute atomic E-state index is 0.0791. The van der Waals surface area contributed by atoms with Crippen molar-refractivity contribution in [3.63, 3.8) is 0 Å². The van der Waals surface area contributed by atoms with Gasteiger partial charge in [0.05, 0.1) is 6.10 Å². The van der Waals surface area contributed by atoms with Gasteiger partial charge in [0.2, 0.25) is 0 Å². The van der Waals surface area contributed by atoms with Crippen LogP contribution < -0.4 is 4.74 Å². The second-order valence-electron chi connectivity index (χ2n) is 8.76. The van der Waals surface area contributed by atoms with Gasteiger partial charge in [0, 0.05) is 0 Å². The van der Waals surface area contributed by atoms with Gasteiger partial charge in [0.25, 0.3) is 0 Å². The van der Waals surface area contributed by atoms with Crippen molar-refractivity contribution in [1.82, 2.24) is 0 Å². The van der Waals surface area contributed by atoms with E-state index in [1.807, 2.05) is 0 Å². The van der Waals surface area contributed by atoms with Crippen LogP contribution in [-0.2, 0) is 10.8 Å². The van der Waals surface area contributed by atoms with E-state index in [2.05, 4.69) is 16.4 Å². The normalized spacial score (nSPS) is 20.3. The van der Waals surface area contributed by atoms with Crippen LogP contribution in [0.15, 0.2) is 36.4 Å². The lowest BCUT2D eigenvalue weighted by atomic mass is 9.77. The summed E-state index contributed by atoms with van der Waals surface area (Å²) in [6, 6.07) is 5.99. The molecule has 3 rings (SSSR count). The molecule has 0 aromatic heterocycles. The van der Waals surface area contributed by atoms with E-state index in [1.54, 1.807) is 0 Å². The van der Waals surface area contributed by atoms with Crippen molar-refractivity contribution in [2.24, 2.45) is 5.92 Å². The Morgan fingerprint density at radius 1 is 0.912 bits per heavy atom. The standard InChI is InChI=1S/C25H27F7O2/c1-3-4-16-5-7-18(8-6-16)19-13-21(26)23(22(27)14-19)24(28,29)33-15(2)17-9-11-20(12-10-17)34-25(30,31)32/h9-16,18H,3-8H2,1-2H3. The van der Waals surface area contributed by atoms with E-state index in [-0.39, 0.29) is 11.5 Å². The van der Waals surface area contributed by atoms with Gasteiger partial charge in [0.15, 0.2) is 0 Å². The highest BCUT2D eigenvalue weighted by atomic mass is 19.4. The Hall–Kier alpha value is -2.29. The van der Waals surface area contributed by atoms with Crippen LogP contribution in [0.25, 0.3) is 0 Å².